The molecule has 1 fully saturated rings. The number of para-hydroxylation sites is 1. The van der Waals surface area contributed by atoms with Crippen LogP contribution in [0.2, 0.25) is 5.02 Å². The highest BCUT2D eigenvalue weighted by atomic mass is 35.5. The minimum Gasteiger partial charge on any atom is -0.496 e. The fourth-order valence-electron chi connectivity index (χ4n) is 4.22. The number of piperazine rings is 1. The Morgan fingerprint density at radius 3 is 2.31 bits per heavy atom. The van der Waals surface area contributed by atoms with Crippen molar-refractivity contribution in [3.63, 3.8) is 0 Å². The lowest BCUT2D eigenvalue weighted by Crippen LogP contribution is -2.48. The summed E-state index contributed by atoms with van der Waals surface area (Å²) in [6.45, 7) is 3.47. The van der Waals surface area contributed by atoms with Gasteiger partial charge in [0.1, 0.15) is 11.4 Å². The summed E-state index contributed by atoms with van der Waals surface area (Å²) >= 11 is 6.06. The van der Waals surface area contributed by atoms with Crippen molar-refractivity contribution in [2.75, 3.05) is 46.4 Å². The number of carbonyl (C=O) groups excluding carboxylic acids is 2. The molecule has 0 bridgehead atoms. The van der Waals surface area contributed by atoms with Gasteiger partial charge < -0.3 is 14.7 Å². The number of imide groups is 1. The standard InChI is InChI=1S/C24H26ClN3O4/c1-32-20-5-3-2-4-18(20)16-28-23(30)21(17-6-8-19(25)9-7-17)22(24(28)31)27-12-10-26(11-13-27)14-15-29/h2-9,29H,10-16H2,1H3. The molecule has 2 heterocycles. The van der Waals surface area contributed by atoms with Crippen molar-refractivity contribution in [3.8, 4) is 5.75 Å². The van der Waals surface area contributed by atoms with Gasteiger partial charge in [0, 0.05) is 43.3 Å². The molecule has 8 heteroatoms. The summed E-state index contributed by atoms with van der Waals surface area (Å²) in [6.07, 6.45) is 0. The molecule has 2 amide bonds. The summed E-state index contributed by atoms with van der Waals surface area (Å²) in [5, 5.41) is 9.78. The van der Waals surface area contributed by atoms with Gasteiger partial charge in [0.15, 0.2) is 0 Å². The SMILES string of the molecule is COc1ccccc1CN1C(=O)C(c2ccc(Cl)cc2)=C(N2CCN(CCO)CC2)C1=O. The molecule has 0 saturated carbocycles. The molecule has 168 valence electrons. The third-order valence-electron chi connectivity index (χ3n) is 5.90. The van der Waals surface area contributed by atoms with Gasteiger partial charge in [0.05, 0.1) is 25.8 Å². The lowest BCUT2D eigenvalue weighted by molar-refractivity contribution is -0.138. The molecule has 2 aliphatic heterocycles. The van der Waals surface area contributed by atoms with Crippen LogP contribution < -0.4 is 4.74 Å². The van der Waals surface area contributed by atoms with Gasteiger partial charge >= 0.3 is 0 Å². The van der Waals surface area contributed by atoms with E-state index in [9.17, 15) is 14.7 Å². The highest BCUT2D eigenvalue weighted by Crippen LogP contribution is 2.34. The lowest BCUT2D eigenvalue weighted by Gasteiger charge is -2.36. The maximum Gasteiger partial charge on any atom is 0.278 e. The van der Waals surface area contributed by atoms with E-state index in [2.05, 4.69) is 4.90 Å². The smallest absolute Gasteiger partial charge is 0.278 e. The third kappa shape index (κ3) is 4.37. The molecule has 0 aliphatic carbocycles. The fourth-order valence-corrected chi connectivity index (χ4v) is 4.34. The van der Waals surface area contributed by atoms with Gasteiger partial charge in [-0.2, -0.15) is 0 Å². The van der Waals surface area contributed by atoms with Gasteiger partial charge in [0.2, 0.25) is 0 Å². The van der Waals surface area contributed by atoms with Crippen LogP contribution in [0.1, 0.15) is 11.1 Å². The number of ether oxygens (including phenoxy) is 1. The zero-order chi connectivity index (χ0) is 22.7. The Labute approximate surface area is 192 Å². The van der Waals surface area contributed by atoms with Crippen molar-refractivity contribution < 1.29 is 19.4 Å². The molecule has 0 spiro atoms. The van der Waals surface area contributed by atoms with E-state index in [0.29, 0.717) is 60.3 Å². The molecular formula is C24H26ClN3O4. The molecule has 0 aromatic heterocycles. The van der Waals surface area contributed by atoms with Gasteiger partial charge in [-0.1, -0.05) is 41.9 Å². The molecule has 0 radical (unpaired) electrons. The van der Waals surface area contributed by atoms with Crippen molar-refractivity contribution in [2.45, 2.75) is 6.54 Å². The Balaban J connectivity index is 1.68. The number of rotatable bonds is 7. The van der Waals surface area contributed by atoms with Crippen LogP contribution in [0.4, 0.5) is 0 Å². The molecule has 0 unspecified atom stereocenters. The summed E-state index contributed by atoms with van der Waals surface area (Å²) in [6, 6.07) is 14.4. The number of aliphatic hydroxyl groups excluding tert-OH is 1. The van der Waals surface area contributed by atoms with Crippen LogP contribution >= 0.6 is 11.6 Å². The zero-order valence-corrected chi connectivity index (χ0v) is 18.7. The average Bonchev–Trinajstić information content (AvgIpc) is 3.05. The van der Waals surface area contributed by atoms with E-state index in [4.69, 9.17) is 16.3 Å². The number of carbonyl (C=O) groups is 2. The van der Waals surface area contributed by atoms with Crippen LogP contribution in [0.15, 0.2) is 54.2 Å². The molecule has 32 heavy (non-hydrogen) atoms. The van der Waals surface area contributed by atoms with E-state index in [1.807, 2.05) is 29.2 Å². The second kappa shape index (κ2) is 9.73. The Kier molecular flexibility index (Phi) is 6.79. The van der Waals surface area contributed by atoms with Crippen molar-refractivity contribution in [1.82, 2.24) is 14.7 Å². The van der Waals surface area contributed by atoms with Gasteiger partial charge in [-0.25, -0.2) is 0 Å². The van der Waals surface area contributed by atoms with E-state index in [0.717, 1.165) is 5.56 Å². The molecule has 1 saturated heterocycles. The highest BCUT2D eigenvalue weighted by Gasteiger charge is 2.42. The molecule has 4 rings (SSSR count). The van der Waals surface area contributed by atoms with Crippen molar-refractivity contribution in [2.24, 2.45) is 0 Å². The van der Waals surface area contributed by atoms with Gasteiger partial charge in [0.25, 0.3) is 11.8 Å². The predicted molar refractivity (Wildman–Crippen MR) is 122 cm³/mol. The number of aliphatic hydroxyl groups is 1. The largest absolute Gasteiger partial charge is 0.496 e. The number of halogens is 1. The third-order valence-corrected chi connectivity index (χ3v) is 6.15. The van der Waals surface area contributed by atoms with E-state index < -0.39 is 0 Å². The van der Waals surface area contributed by atoms with E-state index in [1.165, 1.54) is 4.90 Å². The van der Waals surface area contributed by atoms with E-state index in [1.54, 1.807) is 31.4 Å². The van der Waals surface area contributed by atoms with E-state index in [-0.39, 0.29) is 25.0 Å². The van der Waals surface area contributed by atoms with Crippen molar-refractivity contribution >= 4 is 29.0 Å². The summed E-state index contributed by atoms with van der Waals surface area (Å²) in [4.78, 5) is 32.5. The zero-order valence-electron chi connectivity index (χ0n) is 18.0. The average molecular weight is 456 g/mol. The number of amides is 2. The van der Waals surface area contributed by atoms with Gasteiger partial charge in [-0.05, 0) is 23.8 Å². The van der Waals surface area contributed by atoms with Crippen LogP contribution in [-0.2, 0) is 16.1 Å². The number of hydrogen-bond donors (Lipinski definition) is 1. The maximum absolute atomic E-state index is 13.6. The number of methoxy groups -OCH3 is 1. The Bertz CT molecular complexity index is 1030. The van der Waals surface area contributed by atoms with E-state index >= 15 is 0 Å². The van der Waals surface area contributed by atoms with Crippen LogP contribution in [0.5, 0.6) is 5.75 Å². The first kappa shape index (κ1) is 22.3. The van der Waals surface area contributed by atoms with Gasteiger partial charge in [-0.3, -0.25) is 19.4 Å². The lowest BCUT2D eigenvalue weighted by atomic mass is 10.0. The first-order valence-corrected chi connectivity index (χ1v) is 11.0. The highest BCUT2D eigenvalue weighted by molar-refractivity contribution is 6.36. The summed E-state index contributed by atoms with van der Waals surface area (Å²) in [5.74, 6) is 0.00434. The Morgan fingerprint density at radius 1 is 0.969 bits per heavy atom. The van der Waals surface area contributed by atoms with Crippen LogP contribution in [0, 0.1) is 0 Å². The van der Waals surface area contributed by atoms with Crippen LogP contribution in [-0.4, -0.2) is 78.1 Å². The minimum absolute atomic E-state index is 0.100. The van der Waals surface area contributed by atoms with Gasteiger partial charge in [-0.15, -0.1) is 0 Å². The summed E-state index contributed by atoms with van der Waals surface area (Å²) < 4.78 is 5.41. The monoisotopic (exact) mass is 455 g/mol. The molecule has 0 atom stereocenters. The minimum atomic E-state index is -0.323. The second-order valence-corrected chi connectivity index (χ2v) is 8.23. The van der Waals surface area contributed by atoms with Crippen LogP contribution in [0.25, 0.3) is 5.57 Å². The Hall–Kier alpha value is -2.87. The maximum atomic E-state index is 13.6. The van der Waals surface area contributed by atoms with Crippen LogP contribution in [0.3, 0.4) is 0 Å². The predicted octanol–water partition coefficient (Wildman–Crippen LogP) is 2.24. The molecule has 1 N–H and O–H groups in total. The molecule has 7 nitrogen and oxygen atoms in total. The molecule has 2 aliphatic rings. The normalized spacial score (nSPS) is 17.5. The second-order valence-electron chi connectivity index (χ2n) is 7.79. The molecular weight excluding hydrogens is 430 g/mol. The Morgan fingerprint density at radius 2 is 1.66 bits per heavy atom. The summed E-state index contributed by atoms with van der Waals surface area (Å²) in [7, 11) is 1.57. The van der Waals surface area contributed by atoms with Crippen molar-refractivity contribution in [3.05, 3.63) is 70.4 Å². The fraction of sp³-hybridized carbons (Fsp3) is 0.333. The number of β-amino-alcohol motifs (C(OH)–C–C–N with tert-alkyl or cyclic N) is 1. The molecule has 2 aromatic rings. The number of nitrogens with zero attached hydrogens (tertiary/aromatic N) is 3. The first-order valence-electron chi connectivity index (χ1n) is 10.6. The first-order chi connectivity index (χ1) is 15.5. The quantitative estimate of drug-likeness (QED) is 0.645. The van der Waals surface area contributed by atoms with Crippen molar-refractivity contribution in [1.29, 1.82) is 0 Å². The number of hydrogen-bond acceptors (Lipinski definition) is 6. The number of benzene rings is 2. The molecule has 2 aromatic carbocycles. The topological polar surface area (TPSA) is 73.3 Å². The summed E-state index contributed by atoms with van der Waals surface area (Å²) in [5.41, 5.74) is 2.26.